The van der Waals surface area contributed by atoms with Gasteiger partial charge in [-0.3, -0.25) is 0 Å². The lowest BCUT2D eigenvalue weighted by atomic mass is 9.42. The molecule has 4 atom stereocenters. The van der Waals surface area contributed by atoms with Gasteiger partial charge in [0.05, 0.1) is 0 Å². The molecule has 10 aliphatic carbocycles. The van der Waals surface area contributed by atoms with Gasteiger partial charge in [0.2, 0.25) is 0 Å². The fourth-order valence-corrected chi connectivity index (χ4v) is 29.0. The van der Waals surface area contributed by atoms with Crippen LogP contribution in [-0.4, -0.2) is 10.2 Å². The van der Waals surface area contributed by atoms with Gasteiger partial charge < -0.3 is 10.2 Å². The molecule has 4 unspecified atom stereocenters. The van der Waals surface area contributed by atoms with Crippen molar-refractivity contribution in [3.05, 3.63) is 103 Å². The number of hydrogen-bond donors (Lipinski definition) is 2. The van der Waals surface area contributed by atoms with Crippen LogP contribution in [0.1, 0.15) is 66.8 Å². The Kier molecular flexibility index (Phi) is 2.61. The van der Waals surface area contributed by atoms with Crippen LogP contribution in [0.3, 0.4) is 0 Å². The lowest BCUT2D eigenvalue weighted by Crippen LogP contribution is -2.57. The van der Waals surface area contributed by atoms with Gasteiger partial charge in [0.15, 0.2) is 0 Å². The predicted octanol–water partition coefficient (Wildman–Crippen LogP) is 17.9. The zero-order valence-electron chi connectivity index (χ0n) is 40.2. The van der Waals surface area contributed by atoms with E-state index < -0.39 is 0 Å². The maximum Gasteiger partial charge on any atom is 0.115 e. The summed E-state index contributed by atoms with van der Waals surface area (Å²) in [6.45, 7) is 0. The van der Waals surface area contributed by atoms with Crippen molar-refractivity contribution in [1.29, 1.82) is 0 Å². The fourth-order valence-electron chi connectivity index (χ4n) is 29.0. The Bertz CT molecular complexity index is 7560. The minimum atomic E-state index is -0.359. The number of rotatable bonds is 0. The molecule has 26 aromatic rings. The lowest BCUT2D eigenvalue weighted by Gasteiger charge is -2.58. The van der Waals surface area contributed by atoms with E-state index in [1.165, 1.54) is 22.3 Å². The normalized spacial score (nSPS) is 26.1. The lowest BCUT2D eigenvalue weighted by molar-refractivity contribution is 0.294. The van der Waals surface area contributed by atoms with Crippen LogP contribution in [0.2, 0.25) is 0 Å². The first-order chi connectivity index (χ1) is 38.6. The number of phenolic OH excluding ortho intramolecular Hbond substituents is 2. The molecule has 26 aromatic carbocycles. The molecule has 10 aliphatic rings. The summed E-state index contributed by atoms with van der Waals surface area (Å²) in [4.78, 5) is 0. The summed E-state index contributed by atoms with van der Waals surface area (Å²) < 4.78 is 0. The quantitative estimate of drug-likeness (QED) is 0.149. The van der Waals surface area contributed by atoms with Crippen molar-refractivity contribution in [3.8, 4) is 11.5 Å². The second kappa shape index (κ2) is 6.80. The van der Waals surface area contributed by atoms with Gasteiger partial charge in [-0.15, -0.1) is 0 Å². The Morgan fingerprint density at radius 3 is 0.513 bits per heavy atom. The first kappa shape index (κ1) is 29.9. The van der Waals surface area contributed by atoms with Crippen LogP contribution in [0, 0.1) is 0 Å². The molecule has 78 heavy (non-hydrogen) atoms. The van der Waals surface area contributed by atoms with Gasteiger partial charge in [0.1, 0.15) is 11.5 Å². The van der Waals surface area contributed by atoms with Gasteiger partial charge in [-0.2, -0.15) is 0 Å². The Hall–Kier alpha value is -9.24. The average Bonchev–Trinajstić information content (AvgIpc) is 1.44. The number of fused-ring (bicyclic) bond motifs is 2. The molecule has 0 fully saturated rings. The van der Waals surface area contributed by atoms with Crippen LogP contribution in [0.5, 0.6) is 11.5 Å². The average molecular weight is 961 g/mol. The number of hydrogen-bond acceptors (Lipinski definition) is 2. The van der Waals surface area contributed by atoms with Gasteiger partial charge in [-0.25, -0.2) is 0 Å². The first-order valence-corrected chi connectivity index (χ1v) is 29.3. The fraction of sp³-hybridized carbons (Fsp3) is 0.105. The standard InChI is InChI=1S/C76H16O2/c77-15-3-1-11-7-73-65-49-38-27-20-21-25-18-17-22-19-23(18)34-43-32(25)39-28(21)30-29(27)40-37-41(30)52-50(39)66-54(43)56-45(34)36-26(19)35-44-33(22)42(31(38)24(17)20)53(65)55(44)67-57-46(35)47(36)58-62-61(57)71(75(67,73)9-13(11)5-15)63-59(69(73)51(40)49)48(37)60-64(63)72(62)76(68(56)58)10-14-6-16(78)4-2-12(14)8-74(66,76)70(52)60/h1-6,77-78H,7-10H2. The Balaban J connectivity index is 1.10. The van der Waals surface area contributed by atoms with Crippen molar-refractivity contribution in [1.82, 2.24) is 0 Å². The molecule has 0 bridgehead atoms. The molecule has 0 heterocycles. The molecule has 0 aromatic heterocycles. The van der Waals surface area contributed by atoms with Crippen LogP contribution in [0.25, 0.3) is 259 Å². The molecule has 2 heteroatoms. The summed E-state index contributed by atoms with van der Waals surface area (Å²) in [7, 11) is 0. The molecule has 0 saturated carbocycles. The highest BCUT2D eigenvalue weighted by Gasteiger charge is 2.75. The molecule has 36 rings (SSSR count). The summed E-state index contributed by atoms with van der Waals surface area (Å²) in [6.07, 6.45) is 3.77. The molecule has 0 radical (unpaired) electrons. The van der Waals surface area contributed by atoms with E-state index in [0.717, 1.165) is 25.7 Å². The van der Waals surface area contributed by atoms with Crippen LogP contribution < -0.4 is 0 Å². The number of aromatic hydroxyl groups is 2. The summed E-state index contributed by atoms with van der Waals surface area (Å²) >= 11 is 0. The van der Waals surface area contributed by atoms with Crippen LogP contribution >= 0.6 is 0 Å². The molecule has 0 saturated heterocycles. The van der Waals surface area contributed by atoms with Crippen LogP contribution in [0.4, 0.5) is 0 Å². The monoisotopic (exact) mass is 960 g/mol. The van der Waals surface area contributed by atoms with Crippen LogP contribution in [-0.2, 0) is 47.3 Å². The van der Waals surface area contributed by atoms with Crippen molar-refractivity contribution in [2.45, 2.75) is 47.3 Å². The molecule has 2 nitrogen and oxygen atoms in total. The Morgan fingerprint density at radius 2 is 0.321 bits per heavy atom. The minimum Gasteiger partial charge on any atom is -0.508 e. The van der Waals surface area contributed by atoms with Gasteiger partial charge in [-0.1, -0.05) is 12.1 Å². The van der Waals surface area contributed by atoms with Gasteiger partial charge >= 0.3 is 0 Å². The summed E-state index contributed by atoms with van der Waals surface area (Å²) in [5, 5.41) is 102. The third-order valence-electron chi connectivity index (χ3n) is 29.1. The molecular weight excluding hydrogens is 945 g/mol. The van der Waals surface area contributed by atoms with E-state index in [9.17, 15) is 10.2 Å². The van der Waals surface area contributed by atoms with Gasteiger partial charge in [0.25, 0.3) is 0 Å². The second-order valence-electron chi connectivity index (χ2n) is 29.2. The molecule has 4 spiro atoms. The molecule has 2 N–H and O–H groups in total. The van der Waals surface area contributed by atoms with Crippen LogP contribution in [0.15, 0.2) is 36.4 Å². The van der Waals surface area contributed by atoms with E-state index in [4.69, 9.17) is 0 Å². The van der Waals surface area contributed by atoms with E-state index in [2.05, 4.69) is 24.3 Å². The van der Waals surface area contributed by atoms with E-state index in [1.807, 2.05) is 12.1 Å². The third-order valence-corrected chi connectivity index (χ3v) is 29.1. The van der Waals surface area contributed by atoms with Crippen molar-refractivity contribution in [3.63, 3.8) is 0 Å². The summed E-state index contributed by atoms with van der Waals surface area (Å²) in [5.74, 6) is 0.821. The molecule has 0 amide bonds. The summed E-state index contributed by atoms with van der Waals surface area (Å²) in [5.41, 5.74) is 18.0. The predicted molar refractivity (Wildman–Crippen MR) is 318 cm³/mol. The highest BCUT2D eigenvalue weighted by Crippen LogP contribution is 2.88. The van der Waals surface area contributed by atoms with E-state index >= 15 is 0 Å². The third kappa shape index (κ3) is 1.62. The second-order valence-corrected chi connectivity index (χ2v) is 29.2. The van der Waals surface area contributed by atoms with Crippen molar-refractivity contribution < 1.29 is 10.2 Å². The molecular formula is C76H16O2. The van der Waals surface area contributed by atoms with Crippen molar-refractivity contribution in [2.24, 2.45) is 0 Å². The first-order valence-electron chi connectivity index (χ1n) is 29.3. The van der Waals surface area contributed by atoms with E-state index in [1.54, 1.807) is 303 Å². The topological polar surface area (TPSA) is 40.5 Å². The van der Waals surface area contributed by atoms with E-state index in [0.29, 0.717) is 11.5 Å². The Morgan fingerprint density at radius 1 is 0.179 bits per heavy atom. The molecule has 332 valence electrons. The maximum atomic E-state index is 11.8. The zero-order valence-corrected chi connectivity index (χ0v) is 40.2. The Labute approximate surface area is 428 Å². The zero-order chi connectivity index (χ0) is 46.9. The molecule has 0 aliphatic heterocycles. The smallest absolute Gasteiger partial charge is 0.115 e. The minimum absolute atomic E-state index is 0.320. The van der Waals surface area contributed by atoms with Crippen molar-refractivity contribution >= 4 is 259 Å². The number of benzene rings is 18. The SMILES string of the molecule is Oc1ccc2c(c1)CC13c4c5c6c7c8c4c4c1c1c9c%10c%11c%12c(c5c5c6c6c%13c%14c%15c%16c%17c(c8c8c4c4c1c1c9c9c%11c%11c%18c%12c5c%13c%18c5c%14c%12c%16c%13c%17c8c4c4c1c1c9c%11c5c%12c1c%134)C71Cc4cc(O)ccc4CC6%151)C%103C2. The van der Waals surface area contributed by atoms with E-state index in [-0.39, 0.29) is 21.7 Å². The van der Waals surface area contributed by atoms with Crippen molar-refractivity contribution in [2.75, 3.05) is 0 Å². The largest absolute Gasteiger partial charge is 0.508 e. The number of phenols is 2. The van der Waals surface area contributed by atoms with Gasteiger partial charge in [-0.05, 0) is 375 Å². The highest BCUT2D eigenvalue weighted by molar-refractivity contribution is 6.78. The summed E-state index contributed by atoms with van der Waals surface area (Å²) in [6, 6.07) is 13.2. The maximum absolute atomic E-state index is 11.8. The van der Waals surface area contributed by atoms with Gasteiger partial charge in [0, 0.05) is 21.7 Å². The highest BCUT2D eigenvalue weighted by atomic mass is 16.3.